The van der Waals surface area contributed by atoms with Crippen molar-refractivity contribution in [3.63, 3.8) is 0 Å². The van der Waals surface area contributed by atoms with Crippen LogP contribution in [-0.4, -0.2) is 26.1 Å². The summed E-state index contributed by atoms with van der Waals surface area (Å²) in [5.74, 6) is 0.868. The van der Waals surface area contributed by atoms with Crippen molar-refractivity contribution in [2.75, 3.05) is 20.2 Å². The van der Waals surface area contributed by atoms with Gasteiger partial charge in [-0.3, -0.25) is 4.79 Å². The Kier molecular flexibility index (Phi) is 6.22. The van der Waals surface area contributed by atoms with Crippen molar-refractivity contribution >= 4 is 5.91 Å². The van der Waals surface area contributed by atoms with E-state index in [4.69, 9.17) is 4.74 Å². The van der Waals surface area contributed by atoms with Gasteiger partial charge >= 0.3 is 0 Å². The Bertz CT molecular complexity index is 380. The van der Waals surface area contributed by atoms with Crippen molar-refractivity contribution in [2.24, 2.45) is 0 Å². The summed E-state index contributed by atoms with van der Waals surface area (Å²) in [6.07, 6.45) is 0.502. The number of hydrogen-bond donors (Lipinski definition) is 2. The fourth-order valence-corrected chi connectivity index (χ4v) is 1.69. The molecule has 4 heteroatoms. The van der Waals surface area contributed by atoms with Gasteiger partial charge < -0.3 is 15.4 Å². The monoisotopic (exact) mass is 250 g/mol. The van der Waals surface area contributed by atoms with E-state index >= 15 is 0 Å². The van der Waals surface area contributed by atoms with Gasteiger partial charge in [-0.1, -0.05) is 19.1 Å². The molecule has 4 nitrogen and oxygen atoms in total. The van der Waals surface area contributed by atoms with Gasteiger partial charge in [0.2, 0.25) is 5.91 Å². The zero-order valence-corrected chi connectivity index (χ0v) is 11.3. The van der Waals surface area contributed by atoms with Gasteiger partial charge in [-0.25, -0.2) is 0 Å². The van der Waals surface area contributed by atoms with E-state index in [1.807, 2.05) is 38.1 Å². The van der Waals surface area contributed by atoms with E-state index in [1.165, 1.54) is 0 Å². The number of rotatable bonds is 7. The van der Waals surface area contributed by atoms with E-state index in [0.717, 1.165) is 17.9 Å². The largest absolute Gasteiger partial charge is 0.497 e. The van der Waals surface area contributed by atoms with Crippen LogP contribution in [0.1, 0.15) is 31.9 Å². The second kappa shape index (κ2) is 7.71. The number of nitrogens with one attached hydrogen (secondary N) is 2. The van der Waals surface area contributed by atoms with Crippen molar-refractivity contribution in [3.05, 3.63) is 29.8 Å². The van der Waals surface area contributed by atoms with Gasteiger partial charge in [0.05, 0.1) is 13.2 Å². The maximum atomic E-state index is 11.7. The minimum atomic E-state index is -0.00535. The second-order valence-corrected chi connectivity index (χ2v) is 4.17. The first-order valence-electron chi connectivity index (χ1n) is 6.31. The third kappa shape index (κ3) is 4.75. The molecule has 0 aliphatic rings. The molecule has 18 heavy (non-hydrogen) atoms. The summed E-state index contributed by atoms with van der Waals surface area (Å²) in [6.45, 7) is 5.60. The zero-order chi connectivity index (χ0) is 13.4. The zero-order valence-electron chi connectivity index (χ0n) is 11.3. The summed E-state index contributed by atoms with van der Waals surface area (Å²) in [7, 11) is 1.64. The molecular weight excluding hydrogens is 228 g/mol. The summed E-state index contributed by atoms with van der Waals surface area (Å²) < 4.78 is 5.17. The number of methoxy groups -OCH3 is 1. The molecule has 1 rings (SSSR count). The van der Waals surface area contributed by atoms with Gasteiger partial charge in [-0.15, -0.1) is 0 Å². The molecule has 0 aliphatic heterocycles. The van der Waals surface area contributed by atoms with Gasteiger partial charge in [0, 0.05) is 13.0 Å². The lowest BCUT2D eigenvalue weighted by atomic mass is 10.1. The van der Waals surface area contributed by atoms with Crippen LogP contribution in [-0.2, 0) is 4.79 Å². The molecule has 0 fully saturated rings. The minimum absolute atomic E-state index is 0.00535. The molecule has 0 saturated heterocycles. The lowest BCUT2D eigenvalue weighted by Gasteiger charge is -2.15. The van der Waals surface area contributed by atoms with Crippen molar-refractivity contribution in [1.29, 1.82) is 0 Å². The minimum Gasteiger partial charge on any atom is -0.497 e. The molecule has 0 aliphatic carbocycles. The number of carbonyl (C=O) groups is 1. The Morgan fingerprint density at radius 3 is 2.89 bits per heavy atom. The predicted molar refractivity (Wildman–Crippen MR) is 72.7 cm³/mol. The van der Waals surface area contributed by atoms with Gasteiger partial charge in [0.15, 0.2) is 0 Å². The molecule has 100 valence electrons. The molecule has 1 aromatic carbocycles. The fourth-order valence-electron chi connectivity index (χ4n) is 1.69. The van der Waals surface area contributed by atoms with Gasteiger partial charge in [0.1, 0.15) is 5.75 Å². The molecule has 0 spiro atoms. The van der Waals surface area contributed by atoms with Crippen molar-refractivity contribution in [1.82, 2.24) is 10.6 Å². The second-order valence-electron chi connectivity index (χ2n) is 4.17. The SMILES string of the molecule is CCNCCC(=O)N[C@@H](C)c1cccc(OC)c1. The Morgan fingerprint density at radius 2 is 2.22 bits per heavy atom. The van der Waals surface area contributed by atoms with E-state index in [2.05, 4.69) is 10.6 Å². The molecule has 0 bridgehead atoms. The first-order chi connectivity index (χ1) is 8.67. The average Bonchev–Trinajstić information content (AvgIpc) is 2.39. The van der Waals surface area contributed by atoms with Crippen LogP contribution < -0.4 is 15.4 Å². The van der Waals surface area contributed by atoms with Crippen LogP contribution in [0, 0.1) is 0 Å². The molecule has 0 radical (unpaired) electrons. The summed E-state index contributed by atoms with van der Waals surface area (Å²) in [5, 5.41) is 6.10. The molecule has 0 aromatic heterocycles. The Balaban J connectivity index is 2.48. The highest BCUT2D eigenvalue weighted by atomic mass is 16.5. The van der Waals surface area contributed by atoms with E-state index in [0.29, 0.717) is 13.0 Å². The maximum absolute atomic E-state index is 11.7. The quantitative estimate of drug-likeness (QED) is 0.726. The molecule has 1 aromatic rings. The highest BCUT2D eigenvalue weighted by Gasteiger charge is 2.09. The van der Waals surface area contributed by atoms with Crippen LogP contribution in [0.5, 0.6) is 5.75 Å². The third-order valence-corrected chi connectivity index (χ3v) is 2.75. The van der Waals surface area contributed by atoms with Crippen LogP contribution in [0.3, 0.4) is 0 Å². The average molecular weight is 250 g/mol. The molecular formula is C14H22N2O2. The van der Waals surface area contributed by atoms with Crippen LogP contribution in [0.15, 0.2) is 24.3 Å². The van der Waals surface area contributed by atoms with Crippen LogP contribution >= 0.6 is 0 Å². The first kappa shape index (κ1) is 14.5. The number of benzene rings is 1. The Labute approximate surface area is 109 Å². The van der Waals surface area contributed by atoms with Gasteiger partial charge in [0.25, 0.3) is 0 Å². The normalized spacial score (nSPS) is 11.9. The maximum Gasteiger partial charge on any atom is 0.221 e. The van der Waals surface area contributed by atoms with Gasteiger partial charge in [-0.05, 0) is 31.2 Å². The van der Waals surface area contributed by atoms with E-state index in [9.17, 15) is 4.79 Å². The van der Waals surface area contributed by atoms with Crippen molar-refractivity contribution < 1.29 is 9.53 Å². The number of hydrogen-bond acceptors (Lipinski definition) is 3. The standard InChI is InChI=1S/C14H22N2O2/c1-4-15-9-8-14(17)16-11(2)12-6-5-7-13(10-12)18-3/h5-7,10-11,15H,4,8-9H2,1-3H3,(H,16,17)/t11-/m0/s1. The Hall–Kier alpha value is -1.55. The van der Waals surface area contributed by atoms with Crippen LogP contribution in [0.4, 0.5) is 0 Å². The van der Waals surface area contributed by atoms with Crippen molar-refractivity contribution in [3.8, 4) is 5.75 Å². The van der Waals surface area contributed by atoms with Crippen LogP contribution in [0.25, 0.3) is 0 Å². The van der Waals surface area contributed by atoms with E-state index in [-0.39, 0.29) is 11.9 Å². The molecule has 0 saturated carbocycles. The van der Waals surface area contributed by atoms with Crippen LogP contribution in [0.2, 0.25) is 0 Å². The van der Waals surface area contributed by atoms with E-state index < -0.39 is 0 Å². The Morgan fingerprint density at radius 1 is 1.44 bits per heavy atom. The molecule has 1 amide bonds. The number of carbonyl (C=O) groups excluding carboxylic acids is 1. The lowest BCUT2D eigenvalue weighted by Crippen LogP contribution is -2.29. The first-order valence-corrected chi connectivity index (χ1v) is 6.31. The summed E-state index contributed by atoms with van der Waals surface area (Å²) >= 11 is 0. The smallest absolute Gasteiger partial charge is 0.221 e. The predicted octanol–water partition coefficient (Wildman–Crippen LogP) is 1.87. The lowest BCUT2D eigenvalue weighted by molar-refractivity contribution is -0.121. The molecule has 0 heterocycles. The summed E-state index contributed by atoms with van der Waals surface area (Å²) in [4.78, 5) is 11.7. The molecule has 1 atom stereocenters. The summed E-state index contributed by atoms with van der Waals surface area (Å²) in [5.41, 5.74) is 1.05. The highest BCUT2D eigenvalue weighted by Crippen LogP contribution is 2.18. The highest BCUT2D eigenvalue weighted by molar-refractivity contribution is 5.76. The topological polar surface area (TPSA) is 50.4 Å². The fraction of sp³-hybridized carbons (Fsp3) is 0.500. The summed E-state index contributed by atoms with van der Waals surface area (Å²) in [6, 6.07) is 7.74. The van der Waals surface area contributed by atoms with Gasteiger partial charge in [-0.2, -0.15) is 0 Å². The molecule has 2 N–H and O–H groups in total. The third-order valence-electron chi connectivity index (χ3n) is 2.75. The molecule has 0 unspecified atom stereocenters. The number of ether oxygens (including phenoxy) is 1. The number of amides is 1. The van der Waals surface area contributed by atoms with Crippen molar-refractivity contribution in [2.45, 2.75) is 26.3 Å². The van der Waals surface area contributed by atoms with E-state index in [1.54, 1.807) is 7.11 Å².